The minimum absolute atomic E-state index is 0.113. The quantitative estimate of drug-likeness (QED) is 0.826. The van der Waals surface area contributed by atoms with Crippen molar-refractivity contribution in [3.63, 3.8) is 0 Å². The highest BCUT2D eigenvalue weighted by atomic mass is 79.9. The summed E-state index contributed by atoms with van der Waals surface area (Å²) in [7, 11) is -3.51. The minimum Gasteiger partial charge on any atom is -0.491 e. The Morgan fingerprint density at radius 3 is 2.18 bits per heavy atom. The number of benzene rings is 2. The van der Waals surface area contributed by atoms with Gasteiger partial charge in [0.1, 0.15) is 5.75 Å². The van der Waals surface area contributed by atoms with Crippen molar-refractivity contribution in [2.24, 2.45) is 0 Å². The molecule has 0 unspecified atom stereocenters. The molecule has 0 atom stereocenters. The molecule has 0 fully saturated rings. The lowest BCUT2D eigenvalue weighted by Crippen LogP contribution is -2.23. The van der Waals surface area contributed by atoms with Crippen molar-refractivity contribution in [3.05, 3.63) is 58.6 Å². The van der Waals surface area contributed by atoms with Crippen LogP contribution in [0.25, 0.3) is 0 Å². The minimum atomic E-state index is -3.51. The molecule has 0 saturated carbocycles. The smallest absolute Gasteiger partial charge is 0.240 e. The lowest BCUT2D eigenvalue weighted by Gasteiger charge is -2.11. The molecule has 6 heteroatoms. The Hall–Kier alpha value is -1.37. The average Bonchev–Trinajstić information content (AvgIpc) is 2.46. The molecule has 0 aliphatic carbocycles. The third-order valence-electron chi connectivity index (χ3n) is 2.89. The summed E-state index contributed by atoms with van der Waals surface area (Å²) in [5.74, 6) is 0.773. The number of sulfonamides is 1. The van der Waals surface area contributed by atoms with Crippen LogP contribution in [0.15, 0.2) is 57.9 Å². The number of ether oxygens (including phenoxy) is 1. The Morgan fingerprint density at radius 1 is 1.05 bits per heavy atom. The van der Waals surface area contributed by atoms with E-state index in [-0.39, 0.29) is 17.5 Å². The number of rotatable bonds is 6. The van der Waals surface area contributed by atoms with Gasteiger partial charge < -0.3 is 4.74 Å². The molecule has 0 spiro atoms. The van der Waals surface area contributed by atoms with Crippen LogP contribution in [0.1, 0.15) is 19.4 Å². The largest absolute Gasteiger partial charge is 0.491 e. The molecule has 0 aliphatic rings. The zero-order chi connectivity index (χ0) is 16.2. The molecule has 0 radical (unpaired) electrons. The molecule has 0 amide bonds. The van der Waals surface area contributed by atoms with E-state index in [0.29, 0.717) is 0 Å². The van der Waals surface area contributed by atoms with Crippen LogP contribution in [-0.4, -0.2) is 14.5 Å². The highest BCUT2D eigenvalue weighted by molar-refractivity contribution is 9.10. The Kier molecular flexibility index (Phi) is 5.61. The summed E-state index contributed by atoms with van der Waals surface area (Å²) >= 11 is 3.28. The van der Waals surface area contributed by atoms with Crippen LogP contribution in [0.4, 0.5) is 0 Å². The molecule has 2 aromatic carbocycles. The Balaban J connectivity index is 2.01. The molecule has 0 bridgehead atoms. The molecule has 0 heterocycles. The number of hydrogen-bond donors (Lipinski definition) is 1. The second-order valence-electron chi connectivity index (χ2n) is 5.09. The zero-order valence-electron chi connectivity index (χ0n) is 12.4. The van der Waals surface area contributed by atoms with Gasteiger partial charge in [0.25, 0.3) is 0 Å². The van der Waals surface area contributed by atoms with E-state index in [2.05, 4.69) is 20.7 Å². The summed E-state index contributed by atoms with van der Waals surface area (Å²) < 4.78 is 33.3. The predicted octanol–water partition coefficient (Wildman–Crippen LogP) is 3.71. The van der Waals surface area contributed by atoms with Crippen LogP contribution in [0.2, 0.25) is 0 Å². The van der Waals surface area contributed by atoms with E-state index in [9.17, 15) is 8.42 Å². The SMILES string of the molecule is CC(C)Oc1ccc(CNS(=O)(=O)c2ccc(Br)cc2)cc1. The van der Waals surface area contributed by atoms with Crippen LogP contribution < -0.4 is 9.46 Å². The van der Waals surface area contributed by atoms with Gasteiger partial charge in [-0.15, -0.1) is 0 Å². The molecule has 0 aliphatic heterocycles. The van der Waals surface area contributed by atoms with Crippen LogP contribution in [0, 0.1) is 0 Å². The molecule has 22 heavy (non-hydrogen) atoms. The van der Waals surface area contributed by atoms with Gasteiger partial charge in [0.15, 0.2) is 0 Å². The Morgan fingerprint density at radius 2 is 1.64 bits per heavy atom. The van der Waals surface area contributed by atoms with Crippen molar-refractivity contribution < 1.29 is 13.2 Å². The zero-order valence-corrected chi connectivity index (χ0v) is 14.8. The van der Waals surface area contributed by atoms with Crippen molar-refractivity contribution in [1.82, 2.24) is 4.72 Å². The normalized spacial score (nSPS) is 11.6. The van der Waals surface area contributed by atoms with E-state index in [0.717, 1.165) is 15.8 Å². The average molecular weight is 384 g/mol. The van der Waals surface area contributed by atoms with Gasteiger partial charge in [-0.1, -0.05) is 28.1 Å². The second kappa shape index (κ2) is 7.26. The second-order valence-corrected chi connectivity index (χ2v) is 7.77. The first-order valence-electron chi connectivity index (χ1n) is 6.87. The van der Waals surface area contributed by atoms with Crippen LogP contribution in [0.3, 0.4) is 0 Å². The van der Waals surface area contributed by atoms with Gasteiger partial charge >= 0.3 is 0 Å². The summed E-state index contributed by atoms with van der Waals surface area (Å²) in [5.41, 5.74) is 0.872. The Bertz CT molecular complexity index is 710. The molecule has 0 aromatic heterocycles. The first-order chi connectivity index (χ1) is 10.4. The van der Waals surface area contributed by atoms with Crippen molar-refractivity contribution in [1.29, 1.82) is 0 Å². The van der Waals surface area contributed by atoms with E-state index in [1.54, 1.807) is 24.3 Å². The Labute approximate surface area is 139 Å². The maximum atomic E-state index is 12.2. The van der Waals surface area contributed by atoms with E-state index >= 15 is 0 Å². The maximum absolute atomic E-state index is 12.2. The standard InChI is InChI=1S/C16H18BrNO3S/c1-12(2)21-15-7-3-13(4-8-15)11-18-22(19,20)16-9-5-14(17)6-10-16/h3-10,12,18H,11H2,1-2H3. The topological polar surface area (TPSA) is 55.4 Å². The van der Waals surface area contributed by atoms with Gasteiger partial charge in [-0.25, -0.2) is 13.1 Å². The van der Waals surface area contributed by atoms with Gasteiger partial charge in [0.05, 0.1) is 11.0 Å². The summed E-state index contributed by atoms with van der Waals surface area (Å²) in [5, 5.41) is 0. The third-order valence-corrected chi connectivity index (χ3v) is 4.83. The van der Waals surface area contributed by atoms with Crippen molar-refractivity contribution >= 4 is 26.0 Å². The van der Waals surface area contributed by atoms with E-state index in [4.69, 9.17) is 4.74 Å². The molecule has 118 valence electrons. The van der Waals surface area contributed by atoms with Crippen molar-refractivity contribution in [2.45, 2.75) is 31.4 Å². The van der Waals surface area contributed by atoms with Crippen molar-refractivity contribution in [3.8, 4) is 5.75 Å². The van der Waals surface area contributed by atoms with Crippen LogP contribution in [-0.2, 0) is 16.6 Å². The fourth-order valence-corrected chi connectivity index (χ4v) is 3.12. The van der Waals surface area contributed by atoms with Gasteiger partial charge in [-0.05, 0) is 55.8 Å². The molecule has 4 nitrogen and oxygen atoms in total. The molecule has 0 saturated heterocycles. The first kappa shape index (κ1) is 17.0. The summed E-state index contributed by atoms with van der Waals surface area (Å²) in [6, 6.07) is 13.9. The summed E-state index contributed by atoms with van der Waals surface area (Å²) in [6.45, 7) is 4.15. The highest BCUT2D eigenvalue weighted by Gasteiger charge is 2.13. The first-order valence-corrected chi connectivity index (χ1v) is 9.15. The summed E-state index contributed by atoms with van der Waals surface area (Å²) in [4.78, 5) is 0.246. The van der Waals surface area contributed by atoms with Gasteiger partial charge in [0.2, 0.25) is 10.0 Å². The van der Waals surface area contributed by atoms with E-state index in [1.165, 1.54) is 0 Å². The summed E-state index contributed by atoms with van der Waals surface area (Å²) in [6.07, 6.45) is 0.113. The molecule has 2 aromatic rings. The third kappa shape index (κ3) is 4.83. The molecular formula is C16H18BrNO3S. The van der Waals surface area contributed by atoms with Crippen LogP contribution in [0.5, 0.6) is 5.75 Å². The maximum Gasteiger partial charge on any atom is 0.240 e. The van der Waals surface area contributed by atoms with Gasteiger partial charge in [-0.2, -0.15) is 0 Å². The lowest BCUT2D eigenvalue weighted by atomic mass is 10.2. The molecule has 2 rings (SSSR count). The lowest BCUT2D eigenvalue weighted by molar-refractivity contribution is 0.242. The fourth-order valence-electron chi connectivity index (χ4n) is 1.83. The number of halogens is 1. The van der Waals surface area contributed by atoms with Crippen LogP contribution >= 0.6 is 15.9 Å². The van der Waals surface area contributed by atoms with E-state index in [1.807, 2.05) is 38.1 Å². The van der Waals surface area contributed by atoms with E-state index < -0.39 is 10.0 Å². The number of hydrogen-bond acceptors (Lipinski definition) is 3. The van der Waals surface area contributed by atoms with Crippen molar-refractivity contribution in [2.75, 3.05) is 0 Å². The van der Waals surface area contributed by atoms with Gasteiger partial charge in [0, 0.05) is 11.0 Å². The number of nitrogens with one attached hydrogen (secondary N) is 1. The fraction of sp³-hybridized carbons (Fsp3) is 0.250. The predicted molar refractivity (Wildman–Crippen MR) is 90.4 cm³/mol. The molecule has 1 N–H and O–H groups in total. The molecular weight excluding hydrogens is 366 g/mol. The monoisotopic (exact) mass is 383 g/mol. The van der Waals surface area contributed by atoms with Gasteiger partial charge in [-0.3, -0.25) is 0 Å². The highest BCUT2D eigenvalue weighted by Crippen LogP contribution is 2.16.